The maximum atomic E-state index is 7.45. The van der Waals surface area contributed by atoms with Crippen molar-refractivity contribution in [3.8, 4) is 17.2 Å². The molecule has 0 aromatic heterocycles. The average Bonchev–Trinajstić information content (AvgIpc) is 3.22. The zero-order valence-corrected chi connectivity index (χ0v) is 47.0. The molecule has 0 spiro atoms. The predicted octanol–water partition coefficient (Wildman–Crippen LogP) is 19.4. The van der Waals surface area contributed by atoms with Gasteiger partial charge >= 0.3 is 8.60 Å². The third kappa shape index (κ3) is 10.2. The lowest BCUT2D eigenvalue weighted by Crippen LogP contribution is -2.29. The van der Waals surface area contributed by atoms with E-state index in [-0.39, 0.29) is 32.5 Å². The normalized spacial score (nSPS) is 13.8. The molecule has 5 rings (SSSR count). The summed E-state index contributed by atoms with van der Waals surface area (Å²) in [4.78, 5) is 0. The van der Waals surface area contributed by atoms with Gasteiger partial charge in [0, 0.05) is 11.1 Å². The summed E-state index contributed by atoms with van der Waals surface area (Å²) in [5, 5.41) is 4.95. The Balaban J connectivity index is 1.88. The van der Waals surface area contributed by atoms with Crippen LogP contribution in [0.5, 0.6) is 17.2 Å². The molecule has 0 aliphatic carbocycles. The van der Waals surface area contributed by atoms with Crippen LogP contribution in [0.4, 0.5) is 0 Å². The van der Waals surface area contributed by atoms with Crippen molar-refractivity contribution < 1.29 is 13.6 Å². The van der Waals surface area contributed by atoms with Crippen LogP contribution in [0.1, 0.15) is 200 Å². The Morgan fingerprint density at radius 2 is 0.636 bits per heavy atom. The molecular weight excluding hydrogens is 824 g/mol. The van der Waals surface area contributed by atoms with E-state index < -0.39 is 8.60 Å². The lowest BCUT2D eigenvalue weighted by atomic mass is 9.68. The molecule has 0 aliphatic rings. The second-order valence-corrected chi connectivity index (χ2v) is 26.3. The van der Waals surface area contributed by atoms with Gasteiger partial charge in [-0.25, -0.2) is 0 Å². The van der Waals surface area contributed by atoms with Gasteiger partial charge in [0.1, 0.15) is 17.2 Å². The highest BCUT2D eigenvalue weighted by Gasteiger charge is 2.38. The lowest BCUT2D eigenvalue weighted by Gasteiger charge is -2.37. The summed E-state index contributed by atoms with van der Waals surface area (Å²) in [6, 6.07) is 29.5. The van der Waals surface area contributed by atoms with E-state index in [0.717, 1.165) is 22.6 Å². The minimum Gasteiger partial charge on any atom is -0.409 e. The Morgan fingerprint density at radius 3 is 0.939 bits per heavy atom. The highest BCUT2D eigenvalue weighted by Crippen LogP contribution is 2.53. The molecule has 5 aromatic rings. The lowest BCUT2D eigenvalue weighted by molar-refractivity contribution is 0.338. The van der Waals surface area contributed by atoms with E-state index in [1.54, 1.807) is 0 Å². The van der Waals surface area contributed by atoms with Gasteiger partial charge in [-0.05, 0) is 148 Å². The predicted molar refractivity (Wildman–Crippen MR) is 290 cm³/mol. The molecule has 3 nitrogen and oxygen atoms in total. The largest absolute Gasteiger partial charge is 0.530 e. The van der Waals surface area contributed by atoms with E-state index >= 15 is 0 Å². The van der Waals surface area contributed by atoms with Crippen LogP contribution in [0.25, 0.3) is 21.5 Å². The molecule has 0 N–H and O–H groups in total. The van der Waals surface area contributed by atoms with Crippen molar-refractivity contribution in [2.75, 3.05) is 0 Å². The van der Waals surface area contributed by atoms with Gasteiger partial charge in [0.25, 0.3) is 0 Å². The Morgan fingerprint density at radius 1 is 0.333 bits per heavy atom. The first-order valence-electron chi connectivity index (χ1n) is 25.3. The van der Waals surface area contributed by atoms with E-state index in [1.807, 2.05) is 30.3 Å². The topological polar surface area (TPSA) is 27.7 Å². The number of fused-ring (bicyclic) bond motifs is 2. The molecule has 0 amide bonds. The Kier molecular flexibility index (Phi) is 15.4. The van der Waals surface area contributed by atoms with Gasteiger partial charge in [-0.15, -0.1) is 0 Å². The van der Waals surface area contributed by atoms with Crippen molar-refractivity contribution in [2.24, 2.45) is 35.5 Å². The Bertz CT molecular complexity index is 2320. The molecule has 0 radical (unpaired) electrons. The fourth-order valence-electron chi connectivity index (χ4n) is 8.45. The van der Waals surface area contributed by atoms with Crippen molar-refractivity contribution in [2.45, 2.75) is 199 Å². The van der Waals surface area contributed by atoms with Crippen LogP contribution in [0, 0.1) is 35.5 Å². The summed E-state index contributed by atoms with van der Waals surface area (Å²) in [6.07, 6.45) is 0. The van der Waals surface area contributed by atoms with Gasteiger partial charge in [-0.1, -0.05) is 209 Å². The Labute approximate surface area is 405 Å². The number of benzene rings is 5. The summed E-state index contributed by atoms with van der Waals surface area (Å²) >= 11 is 0. The van der Waals surface area contributed by atoms with Gasteiger partial charge < -0.3 is 13.6 Å². The van der Waals surface area contributed by atoms with Gasteiger partial charge in [0.2, 0.25) is 0 Å². The van der Waals surface area contributed by atoms with Crippen molar-refractivity contribution in [1.29, 1.82) is 0 Å². The molecule has 0 heterocycles. The summed E-state index contributed by atoms with van der Waals surface area (Å²) < 4.78 is 21.9. The van der Waals surface area contributed by atoms with Gasteiger partial charge in [0.05, 0.1) is 0 Å². The van der Waals surface area contributed by atoms with Crippen LogP contribution in [0.3, 0.4) is 0 Å². The van der Waals surface area contributed by atoms with E-state index in [0.29, 0.717) is 41.3 Å². The number of rotatable bonds is 18. The summed E-state index contributed by atoms with van der Waals surface area (Å²) in [7, 11) is -2.03. The molecule has 0 saturated carbocycles. The summed E-state index contributed by atoms with van der Waals surface area (Å²) in [6.45, 7) is 56.6. The summed E-state index contributed by atoms with van der Waals surface area (Å²) in [5.74, 6) is 4.75. The van der Waals surface area contributed by atoms with E-state index in [4.69, 9.17) is 13.6 Å². The number of hydrogen-bond donors (Lipinski definition) is 0. The Hall–Kier alpha value is -3.55. The van der Waals surface area contributed by atoms with Crippen LogP contribution in [-0.2, 0) is 32.5 Å². The quantitative estimate of drug-likeness (QED) is 0.0820. The molecule has 0 fully saturated rings. The van der Waals surface area contributed by atoms with Crippen LogP contribution in [0.15, 0.2) is 78.9 Å². The molecule has 0 atom stereocenters. The van der Waals surface area contributed by atoms with E-state index in [2.05, 4.69) is 215 Å². The maximum Gasteiger partial charge on any atom is 0.530 e. The molecule has 0 saturated heterocycles. The molecule has 0 unspecified atom stereocenters. The van der Waals surface area contributed by atoms with E-state index in [9.17, 15) is 0 Å². The monoisotopic (exact) mass is 915 g/mol. The molecular formula is C62H91O3P. The van der Waals surface area contributed by atoms with Gasteiger partial charge in [-0.3, -0.25) is 0 Å². The first-order chi connectivity index (χ1) is 30.2. The number of para-hydroxylation sites is 1. The van der Waals surface area contributed by atoms with E-state index in [1.165, 1.54) is 43.8 Å². The van der Waals surface area contributed by atoms with Gasteiger partial charge in [-0.2, -0.15) is 0 Å². The van der Waals surface area contributed by atoms with Crippen LogP contribution < -0.4 is 13.6 Å². The average molecular weight is 915 g/mol. The van der Waals surface area contributed by atoms with Crippen molar-refractivity contribution in [3.05, 3.63) is 112 Å². The third-order valence-corrected chi connectivity index (χ3v) is 19.4. The summed E-state index contributed by atoms with van der Waals surface area (Å²) in [5.41, 5.74) is 7.07. The zero-order chi connectivity index (χ0) is 49.9. The SMILES string of the molecule is CC(C)C(C)(C)c1cc(C(C)(C)C(C)C)c2cc(OP(Oc3ccccc3)Oc3cc4c(C(C)(C)C(C)C)cc(C(C)(C)C(C)C)cc4cc3C(C)(C)C(C)C)c(C(C)(C)C(C)C)cc2c1. The molecule has 0 aliphatic heterocycles. The van der Waals surface area contributed by atoms with Gasteiger partial charge in [0.15, 0.2) is 0 Å². The van der Waals surface area contributed by atoms with Crippen molar-refractivity contribution in [3.63, 3.8) is 0 Å². The highest BCUT2D eigenvalue weighted by molar-refractivity contribution is 7.43. The third-order valence-electron chi connectivity index (χ3n) is 18.3. The maximum absolute atomic E-state index is 7.45. The highest BCUT2D eigenvalue weighted by atomic mass is 31.2. The molecule has 362 valence electrons. The second kappa shape index (κ2) is 19.1. The smallest absolute Gasteiger partial charge is 0.409 e. The fourth-order valence-corrected chi connectivity index (χ4v) is 9.48. The molecule has 4 heteroatoms. The minimum absolute atomic E-state index is 0.0115. The first-order valence-corrected chi connectivity index (χ1v) is 26.4. The second-order valence-electron chi connectivity index (χ2n) is 25.3. The van der Waals surface area contributed by atoms with Crippen LogP contribution >= 0.6 is 8.60 Å². The first kappa shape index (κ1) is 53.4. The molecule has 5 aromatic carbocycles. The molecule has 66 heavy (non-hydrogen) atoms. The fraction of sp³-hybridized carbons (Fsp3) is 0.581. The van der Waals surface area contributed by atoms with Crippen LogP contribution in [-0.4, -0.2) is 0 Å². The zero-order valence-electron chi connectivity index (χ0n) is 46.1. The molecule has 0 bridgehead atoms. The van der Waals surface area contributed by atoms with Crippen molar-refractivity contribution in [1.82, 2.24) is 0 Å². The minimum atomic E-state index is -2.03. The standard InChI is InChI=1S/C62H91O3P/c1-38(2)57(13,14)46-30-44-32-53(61(21,22)42(9)10)55(36-49(44)51(34-46)59(17,18)40(5)6)64-66(63-48-28-26-25-27-29-48)65-56-37-50-45(33-54(56)62(23,24)43(11)12)31-47(58(15,16)39(3)4)35-52(50)60(19,20)41(7)8/h25-43H,1-24H3. The van der Waals surface area contributed by atoms with Crippen molar-refractivity contribution >= 4 is 30.1 Å². The van der Waals surface area contributed by atoms with Crippen LogP contribution in [0.2, 0.25) is 0 Å². The number of hydrogen-bond acceptors (Lipinski definition) is 3.